The summed E-state index contributed by atoms with van der Waals surface area (Å²) in [5.41, 5.74) is 0.143. The molecule has 5 nitrogen and oxygen atoms in total. The fraction of sp³-hybridized carbons (Fsp3) is 0.182. The van der Waals surface area contributed by atoms with Crippen molar-refractivity contribution >= 4 is 23.3 Å². The number of allylic oxidation sites excluding steroid dienone is 1. The van der Waals surface area contributed by atoms with E-state index in [4.69, 9.17) is 11.6 Å². The lowest BCUT2D eigenvalue weighted by Gasteiger charge is -2.00. The fourth-order valence-electron chi connectivity index (χ4n) is 0.994. The minimum Gasteiger partial charge on any atom is -0.510 e. The summed E-state index contributed by atoms with van der Waals surface area (Å²) in [6.07, 6.45) is 0. The first-order chi connectivity index (χ1) is 8.06. The van der Waals surface area contributed by atoms with Crippen molar-refractivity contribution in [2.75, 3.05) is 7.11 Å². The van der Waals surface area contributed by atoms with Crippen molar-refractivity contribution in [1.29, 1.82) is 0 Å². The third-order valence-electron chi connectivity index (χ3n) is 1.83. The molecule has 0 saturated carbocycles. The van der Waals surface area contributed by atoms with Crippen LogP contribution in [0.1, 0.15) is 6.92 Å². The summed E-state index contributed by atoms with van der Waals surface area (Å²) >= 11 is 5.85. The number of halogens is 1. The number of rotatable bonds is 3. The van der Waals surface area contributed by atoms with Gasteiger partial charge in [0, 0.05) is 0 Å². The number of hydrogen-bond donors (Lipinski definition) is 1. The number of azo groups is 1. The zero-order valence-corrected chi connectivity index (χ0v) is 10.1. The van der Waals surface area contributed by atoms with Crippen LogP contribution in [0.3, 0.4) is 0 Å². The Labute approximate surface area is 103 Å². The molecule has 0 fully saturated rings. The van der Waals surface area contributed by atoms with Gasteiger partial charge in [0.05, 0.1) is 12.1 Å². The molecule has 0 heterocycles. The van der Waals surface area contributed by atoms with Gasteiger partial charge < -0.3 is 9.84 Å². The summed E-state index contributed by atoms with van der Waals surface area (Å²) in [5.74, 6) is -1.03. The lowest BCUT2D eigenvalue weighted by molar-refractivity contribution is -0.136. The van der Waals surface area contributed by atoms with Gasteiger partial charge in [-0.15, -0.1) is 10.2 Å². The van der Waals surface area contributed by atoms with Crippen LogP contribution in [-0.4, -0.2) is 18.2 Å². The first-order valence-electron chi connectivity index (χ1n) is 4.70. The van der Waals surface area contributed by atoms with E-state index >= 15 is 0 Å². The van der Waals surface area contributed by atoms with Gasteiger partial charge in [0.1, 0.15) is 11.4 Å². The van der Waals surface area contributed by atoms with Crippen molar-refractivity contribution in [3.8, 4) is 0 Å². The second-order valence-electron chi connectivity index (χ2n) is 3.08. The zero-order valence-electron chi connectivity index (χ0n) is 9.35. The van der Waals surface area contributed by atoms with Crippen LogP contribution < -0.4 is 0 Å². The van der Waals surface area contributed by atoms with E-state index in [9.17, 15) is 9.90 Å². The Hall–Kier alpha value is -1.88. The normalized spacial score (nSPS) is 12.4. The molecule has 0 aliphatic carbocycles. The van der Waals surface area contributed by atoms with Crippen molar-refractivity contribution < 1.29 is 14.6 Å². The number of methoxy groups -OCH3 is 1. The highest BCUT2D eigenvalue weighted by Gasteiger charge is 2.12. The van der Waals surface area contributed by atoms with Crippen LogP contribution in [0.5, 0.6) is 0 Å². The van der Waals surface area contributed by atoms with Crippen molar-refractivity contribution in [3.63, 3.8) is 0 Å². The predicted molar refractivity (Wildman–Crippen MR) is 63.3 cm³/mol. The molecular weight excluding hydrogens is 244 g/mol. The van der Waals surface area contributed by atoms with Gasteiger partial charge in [-0.2, -0.15) is 0 Å². The number of carbonyl (C=O) groups is 1. The Kier molecular flexibility index (Phi) is 4.66. The second-order valence-corrected chi connectivity index (χ2v) is 3.48. The maximum atomic E-state index is 11.2. The number of nitrogens with zero attached hydrogens (tertiary/aromatic N) is 2. The second kappa shape index (κ2) is 6.00. The van der Waals surface area contributed by atoms with Crippen LogP contribution in [0.25, 0.3) is 0 Å². The standard InChI is InChI=1S/C11H11ClN2O3/c1-7(15)10(11(16)17-2)14-13-9-6-4-3-5-8(9)12/h3-6,15H,1-2H3. The smallest absolute Gasteiger partial charge is 0.362 e. The zero-order chi connectivity index (χ0) is 12.8. The van der Waals surface area contributed by atoms with Gasteiger partial charge in [0.2, 0.25) is 5.70 Å². The third kappa shape index (κ3) is 3.57. The van der Waals surface area contributed by atoms with E-state index in [0.717, 1.165) is 0 Å². The summed E-state index contributed by atoms with van der Waals surface area (Å²) in [5, 5.41) is 17.0. The van der Waals surface area contributed by atoms with Crippen molar-refractivity contribution in [3.05, 3.63) is 40.7 Å². The fourth-order valence-corrected chi connectivity index (χ4v) is 1.17. The molecule has 1 N–H and O–H groups in total. The highest BCUT2D eigenvalue weighted by Crippen LogP contribution is 2.24. The number of hydrogen-bond acceptors (Lipinski definition) is 5. The van der Waals surface area contributed by atoms with Gasteiger partial charge in [0.15, 0.2) is 0 Å². The number of aliphatic hydroxyl groups is 1. The number of ether oxygens (including phenoxy) is 1. The first-order valence-corrected chi connectivity index (χ1v) is 5.08. The highest BCUT2D eigenvalue weighted by atomic mass is 35.5. The molecule has 0 bridgehead atoms. The SMILES string of the molecule is COC(=O)C(N=Nc1ccccc1Cl)=C(C)O. The molecule has 0 saturated heterocycles. The molecule has 90 valence electrons. The average molecular weight is 255 g/mol. The Morgan fingerprint density at radius 2 is 2.06 bits per heavy atom. The topological polar surface area (TPSA) is 71.2 Å². The largest absolute Gasteiger partial charge is 0.510 e. The minimum atomic E-state index is -0.763. The third-order valence-corrected chi connectivity index (χ3v) is 2.15. The van der Waals surface area contributed by atoms with Crippen molar-refractivity contribution in [1.82, 2.24) is 0 Å². The van der Waals surface area contributed by atoms with E-state index in [1.165, 1.54) is 14.0 Å². The van der Waals surface area contributed by atoms with E-state index in [-0.39, 0.29) is 11.5 Å². The van der Waals surface area contributed by atoms with Gasteiger partial charge in [-0.25, -0.2) is 4.79 Å². The molecule has 0 atom stereocenters. The van der Waals surface area contributed by atoms with Crippen LogP contribution in [0.4, 0.5) is 5.69 Å². The minimum absolute atomic E-state index is 0.257. The van der Waals surface area contributed by atoms with Gasteiger partial charge in [-0.1, -0.05) is 23.7 Å². The van der Waals surface area contributed by atoms with Gasteiger partial charge in [-0.05, 0) is 19.1 Å². The van der Waals surface area contributed by atoms with E-state index in [1.807, 2.05) is 0 Å². The van der Waals surface area contributed by atoms with Crippen LogP contribution >= 0.6 is 11.6 Å². The molecule has 1 aromatic carbocycles. The van der Waals surface area contributed by atoms with E-state index in [0.29, 0.717) is 10.7 Å². The summed E-state index contributed by atoms with van der Waals surface area (Å²) < 4.78 is 4.45. The van der Waals surface area contributed by atoms with Crippen LogP contribution in [0.15, 0.2) is 46.0 Å². The lowest BCUT2D eigenvalue weighted by Crippen LogP contribution is -2.04. The molecule has 6 heteroatoms. The quantitative estimate of drug-likeness (QED) is 0.389. The molecule has 1 aromatic rings. The Bertz CT molecular complexity index is 479. The molecule has 17 heavy (non-hydrogen) atoms. The summed E-state index contributed by atoms with van der Waals surface area (Å²) in [6.45, 7) is 1.32. The molecule has 0 spiro atoms. The molecule has 0 unspecified atom stereocenters. The molecule has 0 aliphatic heterocycles. The number of esters is 1. The maximum absolute atomic E-state index is 11.2. The number of carbonyl (C=O) groups excluding carboxylic acids is 1. The molecular formula is C11H11ClN2O3. The molecule has 1 rings (SSSR count). The van der Waals surface area contributed by atoms with Gasteiger partial charge >= 0.3 is 5.97 Å². The van der Waals surface area contributed by atoms with Gasteiger partial charge in [-0.3, -0.25) is 0 Å². The summed E-state index contributed by atoms with van der Waals surface area (Å²) in [7, 11) is 1.19. The number of aliphatic hydroxyl groups excluding tert-OH is 1. The summed E-state index contributed by atoms with van der Waals surface area (Å²) in [4.78, 5) is 11.2. The average Bonchev–Trinajstić information content (AvgIpc) is 2.30. The predicted octanol–water partition coefficient (Wildman–Crippen LogP) is 3.39. The lowest BCUT2D eigenvalue weighted by atomic mass is 10.3. The van der Waals surface area contributed by atoms with E-state index in [2.05, 4.69) is 15.0 Å². The van der Waals surface area contributed by atoms with Crippen molar-refractivity contribution in [2.24, 2.45) is 10.2 Å². The molecule has 0 radical (unpaired) electrons. The Morgan fingerprint density at radius 3 is 2.59 bits per heavy atom. The highest BCUT2D eigenvalue weighted by molar-refractivity contribution is 6.32. The van der Waals surface area contributed by atoms with E-state index < -0.39 is 5.97 Å². The van der Waals surface area contributed by atoms with Crippen LogP contribution in [0, 0.1) is 0 Å². The van der Waals surface area contributed by atoms with Crippen LogP contribution in [-0.2, 0) is 9.53 Å². The molecule has 0 aliphatic rings. The maximum Gasteiger partial charge on any atom is 0.362 e. The van der Waals surface area contributed by atoms with Crippen LogP contribution in [0.2, 0.25) is 5.02 Å². The number of benzene rings is 1. The monoisotopic (exact) mass is 254 g/mol. The first kappa shape index (κ1) is 13.2. The van der Waals surface area contributed by atoms with E-state index in [1.54, 1.807) is 24.3 Å². The Balaban J connectivity index is 3.01. The van der Waals surface area contributed by atoms with Crippen molar-refractivity contribution in [2.45, 2.75) is 6.92 Å². The molecule has 0 aromatic heterocycles. The molecule has 0 amide bonds. The van der Waals surface area contributed by atoms with Gasteiger partial charge in [0.25, 0.3) is 0 Å². The summed E-state index contributed by atoms with van der Waals surface area (Å²) in [6, 6.07) is 6.75. The Morgan fingerprint density at radius 1 is 1.41 bits per heavy atom.